The second kappa shape index (κ2) is 5.46. The molecule has 2 rings (SSSR count). The van der Waals surface area contributed by atoms with Crippen molar-refractivity contribution in [1.82, 2.24) is 0 Å². The number of benzene rings is 2. The Hall–Kier alpha value is -2.15. The first kappa shape index (κ1) is 12.3. The molecule has 0 spiro atoms. The summed E-state index contributed by atoms with van der Waals surface area (Å²) in [6, 6.07) is 17.5. The van der Waals surface area contributed by atoms with Crippen LogP contribution in [0.15, 0.2) is 54.6 Å². The SMILES string of the molecule is N#Cc1ccc([C@@H](O)[C@H](O)c2ccccc2)cc1. The molecule has 3 nitrogen and oxygen atoms in total. The molecule has 0 amide bonds. The summed E-state index contributed by atoms with van der Waals surface area (Å²) in [6.45, 7) is 0. The van der Waals surface area contributed by atoms with Gasteiger partial charge in [0.1, 0.15) is 12.2 Å². The Morgan fingerprint density at radius 1 is 0.778 bits per heavy atom. The van der Waals surface area contributed by atoms with Gasteiger partial charge in [0.15, 0.2) is 0 Å². The van der Waals surface area contributed by atoms with Crippen molar-refractivity contribution in [2.24, 2.45) is 0 Å². The average molecular weight is 239 g/mol. The zero-order valence-corrected chi connectivity index (χ0v) is 9.69. The molecular formula is C15H13NO2. The summed E-state index contributed by atoms with van der Waals surface area (Å²) in [6.07, 6.45) is -1.97. The van der Waals surface area contributed by atoms with Crippen molar-refractivity contribution >= 4 is 0 Å². The van der Waals surface area contributed by atoms with Crippen LogP contribution in [0.25, 0.3) is 0 Å². The van der Waals surface area contributed by atoms with Crippen LogP contribution in [0.3, 0.4) is 0 Å². The van der Waals surface area contributed by atoms with Crippen LogP contribution in [-0.2, 0) is 0 Å². The van der Waals surface area contributed by atoms with Crippen molar-refractivity contribution in [2.75, 3.05) is 0 Å². The highest BCUT2D eigenvalue weighted by Gasteiger charge is 2.19. The fourth-order valence-corrected chi connectivity index (χ4v) is 1.77. The largest absolute Gasteiger partial charge is 0.385 e. The van der Waals surface area contributed by atoms with E-state index in [2.05, 4.69) is 0 Å². The second-order valence-corrected chi connectivity index (χ2v) is 4.03. The van der Waals surface area contributed by atoms with E-state index < -0.39 is 12.2 Å². The molecule has 0 aliphatic carbocycles. The number of nitrogens with zero attached hydrogens (tertiary/aromatic N) is 1. The molecule has 2 aromatic carbocycles. The molecule has 0 heterocycles. The molecule has 2 atom stereocenters. The molecule has 0 saturated carbocycles. The Bertz CT molecular complexity index is 543. The molecule has 0 aromatic heterocycles. The lowest BCUT2D eigenvalue weighted by atomic mass is 9.98. The molecule has 0 radical (unpaired) electrons. The van der Waals surface area contributed by atoms with Gasteiger partial charge in [-0.15, -0.1) is 0 Å². The van der Waals surface area contributed by atoms with E-state index in [4.69, 9.17) is 5.26 Å². The van der Waals surface area contributed by atoms with Gasteiger partial charge in [0.05, 0.1) is 11.6 Å². The normalized spacial score (nSPS) is 13.6. The molecule has 18 heavy (non-hydrogen) atoms. The van der Waals surface area contributed by atoms with E-state index in [0.717, 1.165) is 0 Å². The van der Waals surface area contributed by atoms with Gasteiger partial charge < -0.3 is 10.2 Å². The van der Waals surface area contributed by atoms with Gasteiger partial charge in [0.25, 0.3) is 0 Å². The van der Waals surface area contributed by atoms with Crippen LogP contribution < -0.4 is 0 Å². The molecule has 2 N–H and O–H groups in total. The van der Waals surface area contributed by atoms with E-state index in [9.17, 15) is 10.2 Å². The Morgan fingerprint density at radius 2 is 1.28 bits per heavy atom. The summed E-state index contributed by atoms with van der Waals surface area (Å²) in [7, 11) is 0. The highest BCUT2D eigenvalue weighted by atomic mass is 16.3. The molecule has 3 heteroatoms. The van der Waals surface area contributed by atoms with Gasteiger partial charge in [0.2, 0.25) is 0 Å². The van der Waals surface area contributed by atoms with E-state index >= 15 is 0 Å². The minimum Gasteiger partial charge on any atom is -0.385 e. The van der Waals surface area contributed by atoms with Crippen LogP contribution in [0.2, 0.25) is 0 Å². The monoisotopic (exact) mass is 239 g/mol. The Kier molecular flexibility index (Phi) is 3.73. The summed E-state index contributed by atoms with van der Waals surface area (Å²) in [4.78, 5) is 0. The molecule has 90 valence electrons. The molecule has 2 aromatic rings. The Balaban J connectivity index is 2.20. The fourth-order valence-electron chi connectivity index (χ4n) is 1.77. The molecule has 0 bridgehead atoms. The van der Waals surface area contributed by atoms with E-state index in [-0.39, 0.29) is 0 Å². The molecule has 0 aliphatic rings. The number of hydrogen-bond donors (Lipinski definition) is 2. The van der Waals surface area contributed by atoms with Crippen molar-refractivity contribution in [2.45, 2.75) is 12.2 Å². The van der Waals surface area contributed by atoms with Gasteiger partial charge >= 0.3 is 0 Å². The van der Waals surface area contributed by atoms with Gasteiger partial charge in [-0.2, -0.15) is 5.26 Å². The third-order valence-corrected chi connectivity index (χ3v) is 2.82. The first-order valence-corrected chi connectivity index (χ1v) is 5.63. The van der Waals surface area contributed by atoms with Crippen molar-refractivity contribution in [1.29, 1.82) is 5.26 Å². The lowest BCUT2D eigenvalue weighted by Gasteiger charge is -2.18. The van der Waals surface area contributed by atoms with Gasteiger partial charge in [0, 0.05) is 0 Å². The average Bonchev–Trinajstić information content (AvgIpc) is 2.47. The lowest BCUT2D eigenvalue weighted by Crippen LogP contribution is -2.10. The smallest absolute Gasteiger partial charge is 0.109 e. The number of nitriles is 1. The maximum absolute atomic E-state index is 10.1. The van der Waals surface area contributed by atoms with Gasteiger partial charge in [-0.1, -0.05) is 42.5 Å². The topological polar surface area (TPSA) is 64.2 Å². The van der Waals surface area contributed by atoms with E-state index in [1.54, 1.807) is 36.4 Å². The van der Waals surface area contributed by atoms with Crippen molar-refractivity contribution in [3.05, 3.63) is 71.3 Å². The van der Waals surface area contributed by atoms with Crippen LogP contribution in [0, 0.1) is 11.3 Å². The minimum atomic E-state index is -1.000. The van der Waals surface area contributed by atoms with Crippen LogP contribution in [0.4, 0.5) is 0 Å². The second-order valence-electron chi connectivity index (χ2n) is 4.03. The summed E-state index contributed by atoms with van der Waals surface area (Å²) < 4.78 is 0. The quantitative estimate of drug-likeness (QED) is 0.864. The first-order valence-electron chi connectivity index (χ1n) is 5.63. The lowest BCUT2D eigenvalue weighted by molar-refractivity contribution is 0.0172. The standard InChI is InChI=1S/C15H13NO2/c16-10-11-6-8-13(9-7-11)15(18)14(17)12-4-2-1-3-5-12/h1-9,14-15,17-18H/t14-,15-/m1/s1. The third-order valence-electron chi connectivity index (χ3n) is 2.82. The number of hydrogen-bond acceptors (Lipinski definition) is 3. The van der Waals surface area contributed by atoms with Crippen molar-refractivity contribution in [3.63, 3.8) is 0 Å². The van der Waals surface area contributed by atoms with Crippen LogP contribution in [0.5, 0.6) is 0 Å². The van der Waals surface area contributed by atoms with Gasteiger partial charge in [-0.3, -0.25) is 0 Å². The Morgan fingerprint density at radius 3 is 1.78 bits per heavy atom. The zero-order valence-electron chi connectivity index (χ0n) is 9.69. The maximum atomic E-state index is 10.1. The number of aliphatic hydroxyl groups is 2. The third kappa shape index (κ3) is 2.57. The van der Waals surface area contributed by atoms with Gasteiger partial charge in [-0.05, 0) is 23.3 Å². The molecule has 0 aliphatic heterocycles. The summed E-state index contributed by atoms with van der Waals surface area (Å²) >= 11 is 0. The summed E-state index contributed by atoms with van der Waals surface area (Å²) in [5, 5.41) is 28.8. The van der Waals surface area contributed by atoms with Crippen LogP contribution in [0.1, 0.15) is 28.9 Å². The first-order chi connectivity index (χ1) is 8.72. The van der Waals surface area contributed by atoms with Gasteiger partial charge in [-0.25, -0.2) is 0 Å². The highest BCUT2D eigenvalue weighted by Crippen LogP contribution is 2.28. The zero-order chi connectivity index (χ0) is 13.0. The molecule has 0 unspecified atom stereocenters. The van der Waals surface area contributed by atoms with E-state index in [1.165, 1.54) is 0 Å². The predicted molar refractivity (Wildman–Crippen MR) is 67.5 cm³/mol. The summed E-state index contributed by atoms with van der Waals surface area (Å²) in [5.41, 5.74) is 1.78. The Labute approximate surface area is 106 Å². The molecule has 0 fully saturated rings. The van der Waals surface area contributed by atoms with Crippen molar-refractivity contribution in [3.8, 4) is 6.07 Å². The van der Waals surface area contributed by atoms with Crippen LogP contribution in [-0.4, -0.2) is 10.2 Å². The van der Waals surface area contributed by atoms with Crippen molar-refractivity contribution < 1.29 is 10.2 Å². The highest BCUT2D eigenvalue weighted by molar-refractivity contribution is 5.33. The predicted octanol–water partition coefficient (Wildman–Crippen LogP) is 2.33. The maximum Gasteiger partial charge on any atom is 0.109 e. The molecular weight excluding hydrogens is 226 g/mol. The van der Waals surface area contributed by atoms with E-state index in [1.807, 2.05) is 24.3 Å². The minimum absolute atomic E-state index is 0.528. The molecule has 0 saturated heterocycles. The summed E-state index contributed by atoms with van der Waals surface area (Å²) in [5.74, 6) is 0. The number of aliphatic hydroxyl groups excluding tert-OH is 2. The fraction of sp³-hybridized carbons (Fsp3) is 0.133. The van der Waals surface area contributed by atoms with E-state index in [0.29, 0.717) is 16.7 Å². The van der Waals surface area contributed by atoms with Crippen LogP contribution >= 0.6 is 0 Å². The number of rotatable bonds is 3.